The Morgan fingerprint density at radius 1 is 1.42 bits per heavy atom. The lowest BCUT2D eigenvalue weighted by atomic mass is 9.92. The lowest BCUT2D eigenvalue weighted by Crippen LogP contribution is -2.47. The second kappa shape index (κ2) is 6.96. The molecule has 0 heterocycles. The van der Waals surface area contributed by atoms with Gasteiger partial charge in [-0.15, -0.1) is 11.8 Å². The Morgan fingerprint density at radius 2 is 2.11 bits per heavy atom. The molecule has 1 unspecified atom stereocenters. The molecule has 0 aliphatic carbocycles. The van der Waals surface area contributed by atoms with Crippen LogP contribution >= 0.6 is 11.8 Å². The molecule has 3 nitrogen and oxygen atoms in total. The highest BCUT2D eigenvalue weighted by Crippen LogP contribution is 2.25. The molecule has 0 aromatic heterocycles. The largest absolute Gasteiger partial charge is 0.480 e. The number of aryl methyl sites for hydroxylation is 2. The van der Waals surface area contributed by atoms with Gasteiger partial charge in [0.1, 0.15) is 5.54 Å². The van der Waals surface area contributed by atoms with Crippen molar-refractivity contribution in [2.45, 2.75) is 50.5 Å². The predicted molar refractivity (Wildman–Crippen MR) is 80.7 cm³/mol. The van der Waals surface area contributed by atoms with E-state index < -0.39 is 11.5 Å². The first-order valence-corrected chi connectivity index (χ1v) is 7.60. The minimum Gasteiger partial charge on any atom is -0.480 e. The van der Waals surface area contributed by atoms with Crippen LogP contribution in [0.1, 0.15) is 37.3 Å². The first-order valence-electron chi connectivity index (χ1n) is 6.61. The Labute approximate surface area is 119 Å². The molecule has 0 amide bonds. The van der Waals surface area contributed by atoms with Crippen molar-refractivity contribution in [3.8, 4) is 0 Å². The van der Waals surface area contributed by atoms with Gasteiger partial charge in [0.2, 0.25) is 0 Å². The number of hydrogen-bond acceptors (Lipinski definition) is 3. The average molecular weight is 281 g/mol. The van der Waals surface area contributed by atoms with Crippen molar-refractivity contribution in [1.29, 1.82) is 0 Å². The number of aliphatic carboxylic acids is 1. The van der Waals surface area contributed by atoms with Gasteiger partial charge >= 0.3 is 5.97 Å². The molecule has 0 aliphatic heterocycles. The number of nitrogens with two attached hydrogens (primary N) is 1. The van der Waals surface area contributed by atoms with Gasteiger partial charge in [0, 0.05) is 4.90 Å². The quantitative estimate of drug-likeness (QED) is 0.594. The maximum atomic E-state index is 11.1. The van der Waals surface area contributed by atoms with Gasteiger partial charge in [-0.1, -0.05) is 24.6 Å². The molecule has 0 radical (unpaired) electrons. The fourth-order valence-electron chi connectivity index (χ4n) is 1.97. The minimum atomic E-state index is -1.07. The summed E-state index contributed by atoms with van der Waals surface area (Å²) in [5.41, 5.74) is 7.33. The molecule has 0 saturated heterocycles. The average Bonchev–Trinajstić information content (AvgIpc) is 2.36. The normalized spacial score (nSPS) is 14.1. The molecular weight excluding hydrogens is 258 g/mol. The highest BCUT2D eigenvalue weighted by atomic mass is 32.2. The van der Waals surface area contributed by atoms with Gasteiger partial charge in [-0.25, -0.2) is 0 Å². The van der Waals surface area contributed by atoms with E-state index in [-0.39, 0.29) is 0 Å². The first-order chi connectivity index (χ1) is 8.89. The number of carbonyl (C=O) groups is 1. The summed E-state index contributed by atoms with van der Waals surface area (Å²) in [7, 11) is 0. The van der Waals surface area contributed by atoms with Gasteiger partial charge in [0.05, 0.1) is 0 Å². The van der Waals surface area contributed by atoms with E-state index in [1.165, 1.54) is 16.0 Å². The van der Waals surface area contributed by atoms with Gasteiger partial charge in [0.25, 0.3) is 0 Å². The molecule has 1 aromatic rings. The molecule has 0 bridgehead atoms. The maximum absolute atomic E-state index is 11.1. The Morgan fingerprint density at radius 3 is 2.63 bits per heavy atom. The minimum absolute atomic E-state index is 0.469. The van der Waals surface area contributed by atoms with Gasteiger partial charge in [0.15, 0.2) is 0 Å². The molecule has 1 aromatic carbocycles. The van der Waals surface area contributed by atoms with Crippen LogP contribution in [-0.2, 0) is 4.79 Å². The topological polar surface area (TPSA) is 63.3 Å². The van der Waals surface area contributed by atoms with Crippen LogP contribution in [0, 0.1) is 13.8 Å². The Bertz CT molecular complexity index is 448. The molecule has 0 saturated carbocycles. The zero-order valence-corrected chi connectivity index (χ0v) is 12.7. The highest BCUT2D eigenvalue weighted by Gasteiger charge is 2.30. The second-order valence-electron chi connectivity index (χ2n) is 5.04. The molecule has 0 spiro atoms. The molecule has 3 N–H and O–H groups in total. The Balaban J connectivity index is 2.45. The zero-order chi connectivity index (χ0) is 14.5. The van der Waals surface area contributed by atoms with E-state index in [0.29, 0.717) is 12.8 Å². The number of carboxylic acid groups (broad SMARTS) is 1. The lowest BCUT2D eigenvalue weighted by Gasteiger charge is -2.22. The van der Waals surface area contributed by atoms with E-state index in [2.05, 4.69) is 32.0 Å². The summed E-state index contributed by atoms with van der Waals surface area (Å²) in [5, 5.41) is 9.09. The van der Waals surface area contributed by atoms with Crippen molar-refractivity contribution in [3.05, 3.63) is 29.3 Å². The molecule has 106 valence electrons. The summed E-state index contributed by atoms with van der Waals surface area (Å²) in [6.07, 6.45) is 1.81. The summed E-state index contributed by atoms with van der Waals surface area (Å²) in [6, 6.07) is 6.40. The molecule has 19 heavy (non-hydrogen) atoms. The van der Waals surface area contributed by atoms with Crippen molar-refractivity contribution < 1.29 is 9.90 Å². The summed E-state index contributed by atoms with van der Waals surface area (Å²) >= 11 is 1.77. The third-order valence-electron chi connectivity index (χ3n) is 3.41. The predicted octanol–water partition coefficient (Wildman–Crippen LogP) is 3.37. The molecule has 1 rings (SSSR count). The standard InChI is InChI=1S/C15H23NO2S/c1-4-15(16,14(17)18)8-5-9-19-13-7-6-11(2)10-12(13)3/h6-7,10H,4-5,8-9,16H2,1-3H3,(H,17,18). The van der Waals surface area contributed by atoms with Crippen LogP contribution in [0.4, 0.5) is 0 Å². The van der Waals surface area contributed by atoms with Gasteiger partial charge < -0.3 is 10.8 Å². The van der Waals surface area contributed by atoms with Crippen molar-refractivity contribution >= 4 is 17.7 Å². The Hall–Kier alpha value is -1.00. The fraction of sp³-hybridized carbons (Fsp3) is 0.533. The lowest BCUT2D eigenvalue weighted by molar-refractivity contribution is -0.143. The number of rotatable bonds is 7. The van der Waals surface area contributed by atoms with E-state index in [4.69, 9.17) is 10.8 Å². The van der Waals surface area contributed by atoms with E-state index in [0.717, 1.165) is 12.2 Å². The van der Waals surface area contributed by atoms with E-state index in [9.17, 15) is 4.79 Å². The fourth-order valence-corrected chi connectivity index (χ4v) is 2.93. The van der Waals surface area contributed by atoms with E-state index in [1.807, 2.05) is 6.92 Å². The SMILES string of the molecule is CCC(N)(CCCSc1ccc(C)cc1C)C(=O)O. The number of benzene rings is 1. The third-order valence-corrected chi connectivity index (χ3v) is 4.67. The monoisotopic (exact) mass is 281 g/mol. The summed E-state index contributed by atoms with van der Waals surface area (Å²) in [4.78, 5) is 12.3. The van der Waals surface area contributed by atoms with Gasteiger partial charge in [-0.05, 0) is 50.5 Å². The second-order valence-corrected chi connectivity index (χ2v) is 6.17. The molecule has 4 heteroatoms. The molecular formula is C15H23NO2S. The number of carboxylic acids is 1. The van der Waals surface area contributed by atoms with E-state index in [1.54, 1.807) is 11.8 Å². The van der Waals surface area contributed by atoms with Crippen LogP contribution in [0.25, 0.3) is 0 Å². The molecule has 0 fully saturated rings. The van der Waals surface area contributed by atoms with E-state index >= 15 is 0 Å². The first kappa shape index (κ1) is 16.1. The molecule has 1 atom stereocenters. The molecule has 0 aliphatic rings. The van der Waals surface area contributed by atoms with Crippen molar-refractivity contribution in [1.82, 2.24) is 0 Å². The summed E-state index contributed by atoms with van der Waals surface area (Å²) in [6.45, 7) is 6.01. The van der Waals surface area contributed by atoms with Crippen LogP contribution < -0.4 is 5.73 Å². The van der Waals surface area contributed by atoms with Crippen LogP contribution in [-0.4, -0.2) is 22.4 Å². The van der Waals surface area contributed by atoms with Crippen LogP contribution in [0.5, 0.6) is 0 Å². The number of thioether (sulfide) groups is 1. The van der Waals surface area contributed by atoms with Crippen molar-refractivity contribution in [2.24, 2.45) is 5.73 Å². The Kier molecular flexibility index (Phi) is 5.88. The van der Waals surface area contributed by atoms with Crippen molar-refractivity contribution in [2.75, 3.05) is 5.75 Å². The summed E-state index contributed by atoms with van der Waals surface area (Å²) < 4.78 is 0. The number of hydrogen-bond donors (Lipinski definition) is 2. The van der Waals surface area contributed by atoms with Crippen LogP contribution in [0.15, 0.2) is 23.1 Å². The van der Waals surface area contributed by atoms with Gasteiger partial charge in [-0.3, -0.25) is 4.79 Å². The van der Waals surface area contributed by atoms with Crippen LogP contribution in [0.2, 0.25) is 0 Å². The maximum Gasteiger partial charge on any atom is 0.323 e. The highest BCUT2D eigenvalue weighted by molar-refractivity contribution is 7.99. The summed E-state index contributed by atoms with van der Waals surface area (Å²) in [5.74, 6) is 0.00220. The smallest absolute Gasteiger partial charge is 0.323 e. The third kappa shape index (κ3) is 4.55. The van der Waals surface area contributed by atoms with Gasteiger partial charge in [-0.2, -0.15) is 0 Å². The van der Waals surface area contributed by atoms with Crippen molar-refractivity contribution in [3.63, 3.8) is 0 Å². The van der Waals surface area contributed by atoms with Crippen LogP contribution in [0.3, 0.4) is 0 Å². The zero-order valence-electron chi connectivity index (χ0n) is 11.9.